The van der Waals surface area contributed by atoms with Gasteiger partial charge in [-0.3, -0.25) is 0 Å². The van der Waals surface area contributed by atoms with Gasteiger partial charge in [-0.15, -0.1) is 0 Å². The number of hydrogen-bond donors (Lipinski definition) is 1. The van der Waals surface area contributed by atoms with Gasteiger partial charge in [-0.25, -0.2) is 0 Å². The third kappa shape index (κ3) is 3.55. The van der Waals surface area contributed by atoms with E-state index in [-0.39, 0.29) is 12.0 Å². The predicted molar refractivity (Wildman–Crippen MR) is 52.3 cm³/mol. The quantitative estimate of drug-likeness (QED) is 0.662. The molecule has 1 atom stereocenters. The van der Waals surface area contributed by atoms with Crippen molar-refractivity contribution in [1.82, 2.24) is 0 Å². The van der Waals surface area contributed by atoms with Gasteiger partial charge in [-0.2, -0.15) is 13.2 Å². The molecule has 0 saturated carbocycles. The molecular formula is C11H13F3O. The van der Waals surface area contributed by atoms with Crippen LogP contribution in [-0.2, 0) is 0 Å². The summed E-state index contributed by atoms with van der Waals surface area (Å²) < 4.78 is 37.5. The predicted octanol–water partition coefficient (Wildman–Crippen LogP) is 3.13. The molecule has 1 unspecified atom stereocenters. The molecule has 1 aliphatic carbocycles. The second-order valence-electron chi connectivity index (χ2n) is 3.54. The normalized spacial score (nSPS) is 29.7. The Labute approximate surface area is 86.6 Å². The average Bonchev–Trinajstić information content (AvgIpc) is 2.18. The first kappa shape index (κ1) is 12.0. The first-order valence-corrected chi connectivity index (χ1v) is 4.71. The molecule has 84 valence electrons. The average molecular weight is 218 g/mol. The van der Waals surface area contributed by atoms with E-state index in [2.05, 4.69) is 6.58 Å². The second-order valence-corrected chi connectivity index (χ2v) is 3.54. The Bertz CT molecular complexity index is 299. The van der Waals surface area contributed by atoms with Crippen molar-refractivity contribution in [1.29, 1.82) is 0 Å². The minimum atomic E-state index is -4.36. The molecule has 1 rings (SSSR count). The van der Waals surface area contributed by atoms with Gasteiger partial charge in [0.2, 0.25) is 0 Å². The lowest BCUT2D eigenvalue weighted by Crippen LogP contribution is -2.14. The summed E-state index contributed by atoms with van der Waals surface area (Å²) in [4.78, 5) is 0. The molecule has 0 aliphatic heterocycles. The number of alkyl halides is 3. The van der Waals surface area contributed by atoms with Gasteiger partial charge in [-0.05, 0) is 24.8 Å². The van der Waals surface area contributed by atoms with Crippen molar-refractivity contribution >= 4 is 0 Å². The van der Waals surface area contributed by atoms with Crippen LogP contribution in [0.5, 0.6) is 0 Å². The molecule has 0 aromatic carbocycles. The Morgan fingerprint density at radius 2 is 2.07 bits per heavy atom. The molecular weight excluding hydrogens is 205 g/mol. The van der Waals surface area contributed by atoms with E-state index in [0.29, 0.717) is 12.8 Å². The van der Waals surface area contributed by atoms with Gasteiger partial charge in [0.1, 0.15) is 0 Å². The smallest absolute Gasteiger partial charge is 0.393 e. The lowest BCUT2D eigenvalue weighted by atomic mass is 10.0. The van der Waals surface area contributed by atoms with Crippen LogP contribution in [0.1, 0.15) is 19.3 Å². The van der Waals surface area contributed by atoms with E-state index >= 15 is 0 Å². The maximum Gasteiger partial charge on any atom is 0.416 e. The summed E-state index contributed by atoms with van der Waals surface area (Å²) in [7, 11) is 0. The fraction of sp³-hybridized carbons (Fsp3) is 0.455. The molecule has 0 aromatic rings. The van der Waals surface area contributed by atoms with Gasteiger partial charge in [-0.1, -0.05) is 24.8 Å². The van der Waals surface area contributed by atoms with Crippen LogP contribution >= 0.6 is 0 Å². The zero-order valence-corrected chi connectivity index (χ0v) is 8.22. The minimum absolute atomic E-state index is 0.0353. The number of hydrogen-bond acceptors (Lipinski definition) is 1. The van der Waals surface area contributed by atoms with Crippen LogP contribution in [-0.4, -0.2) is 17.4 Å². The fourth-order valence-electron chi connectivity index (χ4n) is 1.41. The van der Waals surface area contributed by atoms with Gasteiger partial charge < -0.3 is 5.11 Å². The van der Waals surface area contributed by atoms with E-state index in [9.17, 15) is 18.3 Å². The number of aliphatic hydroxyl groups is 1. The van der Waals surface area contributed by atoms with Crippen molar-refractivity contribution < 1.29 is 18.3 Å². The third-order valence-electron chi connectivity index (χ3n) is 2.27. The SMILES string of the molecule is C=C1CCC(O)C/C=C\C=C/1C(F)(F)F. The summed E-state index contributed by atoms with van der Waals surface area (Å²) in [6.07, 6.45) is -0.201. The highest BCUT2D eigenvalue weighted by Crippen LogP contribution is 2.33. The summed E-state index contributed by atoms with van der Waals surface area (Å²) in [5.41, 5.74) is -0.666. The molecule has 1 aliphatic rings. The first-order valence-electron chi connectivity index (χ1n) is 4.71. The van der Waals surface area contributed by atoms with Gasteiger partial charge in [0.05, 0.1) is 11.7 Å². The molecule has 0 spiro atoms. The van der Waals surface area contributed by atoms with Crippen LogP contribution in [0.2, 0.25) is 0 Å². The standard InChI is InChI=1S/C11H13F3O/c1-8-6-7-9(15)4-2-3-5-10(8)11(12,13)14/h2-3,5,9,15H,1,4,6-7H2/b3-2-,10-5+. The molecule has 1 nitrogen and oxygen atoms in total. The number of allylic oxidation sites excluding steroid dienone is 4. The molecule has 0 radical (unpaired) electrons. The molecule has 0 saturated heterocycles. The van der Waals surface area contributed by atoms with Gasteiger partial charge in [0.25, 0.3) is 0 Å². The number of halogens is 3. The van der Waals surface area contributed by atoms with Crippen molar-refractivity contribution in [3.05, 3.63) is 36.0 Å². The summed E-state index contributed by atoms with van der Waals surface area (Å²) >= 11 is 0. The first-order chi connectivity index (χ1) is 6.91. The van der Waals surface area contributed by atoms with Gasteiger partial charge in [0, 0.05) is 0 Å². The summed E-state index contributed by atoms with van der Waals surface area (Å²) in [6, 6.07) is 0. The topological polar surface area (TPSA) is 20.2 Å². The molecule has 0 amide bonds. The van der Waals surface area contributed by atoms with Crippen LogP contribution in [0.3, 0.4) is 0 Å². The van der Waals surface area contributed by atoms with E-state index < -0.39 is 17.9 Å². The molecule has 1 N–H and O–H groups in total. The van der Waals surface area contributed by atoms with E-state index in [1.807, 2.05) is 0 Å². The largest absolute Gasteiger partial charge is 0.416 e. The monoisotopic (exact) mass is 218 g/mol. The Balaban J connectivity index is 2.90. The summed E-state index contributed by atoms with van der Waals surface area (Å²) in [5.74, 6) is 0. The fourth-order valence-corrected chi connectivity index (χ4v) is 1.41. The lowest BCUT2D eigenvalue weighted by molar-refractivity contribution is -0.0896. The summed E-state index contributed by atoms with van der Waals surface area (Å²) in [6.45, 7) is 3.41. The Kier molecular flexibility index (Phi) is 3.74. The lowest BCUT2D eigenvalue weighted by Gasteiger charge is -2.14. The maximum absolute atomic E-state index is 12.5. The van der Waals surface area contributed by atoms with Crippen LogP contribution in [0.15, 0.2) is 36.0 Å². The van der Waals surface area contributed by atoms with E-state index in [0.717, 1.165) is 6.08 Å². The van der Waals surface area contributed by atoms with E-state index in [4.69, 9.17) is 0 Å². The molecule has 0 aromatic heterocycles. The second kappa shape index (κ2) is 4.66. The van der Waals surface area contributed by atoms with Crippen molar-refractivity contribution in [2.45, 2.75) is 31.5 Å². The Hall–Kier alpha value is -1.03. The minimum Gasteiger partial charge on any atom is -0.393 e. The van der Waals surface area contributed by atoms with Crippen molar-refractivity contribution in [3.63, 3.8) is 0 Å². The van der Waals surface area contributed by atoms with E-state index in [1.54, 1.807) is 0 Å². The molecule has 0 fully saturated rings. The van der Waals surface area contributed by atoms with Gasteiger partial charge >= 0.3 is 6.18 Å². The van der Waals surface area contributed by atoms with Crippen molar-refractivity contribution in [2.75, 3.05) is 0 Å². The molecule has 15 heavy (non-hydrogen) atoms. The zero-order chi connectivity index (χ0) is 11.5. The van der Waals surface area contributed by atoms with Crippen LogP contribution in [0.4, 0.5) is 13.2 Å². The van der Waals surface area contributed by atoms with Crippen molar-refractivity contribution in [2.24, 2.45) is 0 Å². The van der Waals surface area contributed by atoms with Crippen LogP contribution < -0.4 is 0 Å². The third-order valence-corrected chi connectivity index (χ3v) is 2.27. The van der Waals surface area contributed by atoms with Crippen LogP contribution in [0.25, 0.3) is 0 Å². The highest BCUT2D eigenvalue weighted by Gasteiger charge is 2.34. The Morgan fingerprint density at radius 3 is 2.67 bits per heavy atom. The van der Waals surface area contributed by atoms with E-state index in [1.165, 1.54) is 12.2 Å². The van der Waals surface area contributed by atoms with Crippen molar-refractivity contribution in [3.8, 4) is 0 Å². The molecule has 0 bridgehead atoms. The van der Waals surface area contributed by atoms with Gasteiger partial charge in [0.15, 0.2) is 0 Å². The number of rotatable bonds is 0. The number of aliphatic hydroxyl groups excluding tert-OH is 1. The Morgan fingerprint density at radius 1 is 1.40 bits per heavy atom. The summed E-state index contributed by atoms with van der Waals surface area (Å²) in [5, 5.41) is 9.35. The highest BCUT2D eigenvalue weighted by atomic mass is 19.4. The highest BCUT2D eigenvalue weighted by molar-refractivity contribution is 5.35. The molecule has 0 heterocycles. The zero-order valence-electron chi connectivity index (χ0n) is 8.22. The maximum atomic E-state index is 12.5. The molecule has 4 heteroatoms. The van der Waals surface area contributed by atoms with Crippen LogP contribution in [0, 0.1) is 0 Å².